The Kier molecular flexibility index (Phi) is 3.81. The van der Waals surface area contributed by atoms with Crippen molar-refractivity contribution in [2.75, 3.05) is 24.7 Å². The Labute approximate surface area is 136 Å². The standard InChI is InChI=1S/C18H23N3O2/c1-12-7-8-17(23-12)16-11-22-10-9-21(16)18-14-5-3-4-6-15(14)19-13(2)20-18/h7-8,16H,3-6,9-11H2,1-2H3. The first kappa shape index (κ1) is 14.7. The van der Waals surface area contributed by atoms with Gasteiger partial charge >= 0.3 is 0 Å². The quantitative estimate of drug-likeness (QED) is 0.852. The minimum absolute atomic E-state index is 0.0952. The highest BCUT2D eigenvalue weighted by Gasteiger charge is 2.31. The van der Waals surface area contributed by atoms with Crippen LogP contribution >= 0.6 is 0 Å². The number of morpholine rings is 1. The van der Waals surface area contributed by atoms with Gasteiger partial charge in [-0.15, -0.1) is 0 Å². The summed E-state index contributed by atoms with van der Waals surface area (Å²) >= 11 is 0. The van der Waals surface area contributed by atoms with Crippen LogP contribution in [0.4, 0.5) is 5.82 Å². The molecule has 0 bridgehead atoms. The molecule has 1 fully saturated rings. The second-order valence-electron chi connectivity index (χ2n) is 6.46. The van der Waals surface area contributed by atoms with E-state index in [2.05, 4.69) is 16.0 Å². The topological polar surface area (TPSA) is 51.4 Å². The van der Waals surface area contributed by atoms with E-state index in [-0.39, 0.29) is 6.04 Å². The van der Waals surface area contributed by atoms with Crippen LogP contribution in [0.3, 0.4) is 0 Å². The predicted octanol–water partition coefficient (Wildman–Crippen LogP) is 3.14. The second-order valence-corrected chi connectivity index (χ2v) is 6.46. The van der Waals surface area contributed by atoms with E-state index in [1.807, 2.05) is 19.9 Å². The van der Waals surface area contributed by atoms with E-state index in [0.29, 0.717) is 6.61 Å². The van der Waals surface area contributed by atoms with Crippen LogP contribution in [-0.2, 0) is 17.6 Å². The molecule has 0 saturated carbocycles. The Bertz CT molecular complexity index is 710. The highest BCUT2D eigenvalue weighted by molar-refractivity contribution is 5.52. The first-order chi connectivity index (χ1) is 11.2. The van der Waals surface area contributed by atoms with E-state index in [4.69, 9.17) is 14.1 Å². The number of hydrogen-bond acceptors (Lipinski definition) is 5. The van der Waals surface area contributed by atoms with Crippen molar-refractivity contribution >= 4 is 5.82 Å². The molecule has 1 aliphatic heterocycles. The molecule has 0 spiro atoms. The molecule has 2 aliphatic rings. The van der Waals surface area contributed by atoms with Gasteiger partial charge in [0.05, 0.1) is 13.2 Å². The molecule has 2 aromatic heterocycles. The number of rotatable bonds is 2. The normalized spacial score (nSPS) is 21.3. The van der Waals surface area contributed by atoms with Crippen molar-refractivity contribution < 1.29 is 9.15 Å². The van der Waals surface area contributed by atoms with Crippen LogP contribution in [0.5, 0.6) is 0 Å². The summed E-state index contributed by atoms with van der Waals surface area (Å²) in [6, 6.07) is 4.17. The lowest BCUT2D eigenvalue weighted by atomic mass is 9.95. The van der Waals surface area contributed by atoms with Crippen LogP contribution in [0.15, 0.2) is 16.5 Å². The van der Waals surface area contributed by atoms with E-state index >= 15 is 0 Å². The predicted molar refractivity (Wildman–Crippen MR) is 87.8 cm³/mol. The third-order valence-corrected chi connectivity index (χ3v) is 4.76. The third kappa shape index (κ3) is 2.74. The zero-order valence-corrected chi connectivity index (χ0v) is 13.8. The van der Waals surface area contributed by atoms with E-state index in [0.717, 1.165) is 49.2 Å². The maximum Gasteiger partial charge on any atom is 0.136 e. The molecule has 5 heteroatoms. The minimum Gasteiger partial charge on any atom is -0.464 e. The summed E-state index contributed by atoms with van der Waals surface area (Å²) in [7, 11) is 0. The van der Waals surface area contributed by atoms with Crippen LogP contribution in [0.25, 0.3) is 0 Å². The van der Waals surface area contributed by atoms with E-state index in [1.165, 1.54) is 24.1 Å². The molecule has 23 heavy (non-hydrogen) atoms. The van der Waals surface area contributed by atoms with Crippen LogP contribution in [0.2, 0.25) is 0 Å². The molecule has 1 unspecified atom stereocenters. The Morgan fingerprint density at radius 1 is 1.13 bits per heavy atom. The summed E-state index contributed by atoms with van der Waals surface area (Å²) in [6.45, 7) is 6.19. The van der Waals surface area contributed by atoms with Gasteiger partial charge in [-0.1, -0.05) is 0 Å². The molecule has 1 aliphatic carbocycles. The summed E-state index contributed by atoms with van der Waals surface area (Å²) < 4.78 is 11.6. The average molecular weight is 313 g/mol. The number of nitrogens with zero attached hydrogens (tertiary/aromatic N) is 3. The Hall–Kier alpha value is -1.88. The van der Waals surface area contributed by atoms with Gasteiger partial charge in [0, 0.05) is 17.8 Å². The molecule has 0 aromatic carbocycles. The summed E-state index contributed by atoms with van der Waals surface area (Å²) in [5, 5.41) is 0. The second kappa shape index (κ2) is 5.96. The number of anilines is 1. The number of aromatic nitrogens is 2. The summed E-state index contributed by atoms with van der Waals surface area (Å²) in [6.07, 6.45) is 4.60. The lowest BCUT2D eigenvalue weighted by molar-refractivity contribution is 0.0868. The van der Waals surface area contributed by atoms with Crippen LogP contribution < -0.4 is 4.90 Å². The maximum absolute atomic E-state index is 5.88. The van der Waals surface area contributed by atoms with Gasteiger partial charge in [-0.2, -0.15) is 0 Å². The van der Waals surface area contributed by atoms with Gasteiger partial charge in [0.15, 0.2) is 0 Å². The molecule has 0 N–H and O–H groups in total. The highest BCUT2D eigenvalue weighted by atomic mass is 16.5. The fourth-order valence-electron chi connectivity index (χ4n) is 3.66. The van der Waals surface area contributed by atoms with E-state index in [9.17, 15) is 0 Å². The van der Waals surface area contributed by atoms with Crippen molar-refractivity contribution in [1.82, 2.24) is 9.97 Å². The Morgan fingerprint density at radius 3 is 2.83 bits per heavy atom. The number of furan rings is 1. The molecule has 4 rings (SSSR count). The molecule has 2 aromatic rings. The summed E-state index contributed by atoms with van der Waals surface area (Å²) in [5.41, 5.74) is 2.57. The molecule has 1 atom stereocenters. The molecular weight excluding hydrogens is 290 g/mol. The third-order valence-electron chi connectivity index (χ3n) is 4.76. The van der Waals surface area contributed by atoms with Crippen molar-refractivity contribution in [1.29, 1.82) is 0 Å². The number of hydrogen-bond donors (Lipinski definition) is 0. The lowest BCUT2D eigenvalue weighted by Crippen LogP contribution is -2.41. The highest BCUT2D eigenvalue weighted by Crippen LogP contribution is 2.35. The van der Waals surface area contributed by atoms with Gasteiger partial charge in [0.1, 0.15) is 29.2 Å². The van der Waals surface area contributed by atoms with Gasteiger partial charge in [-0.3, -0.25) is 0 Å². The van der Waals surface area contributed by atoms with Gasteiger partial charge in [-0.05, 0) is 51.7 Å². The molecule has 1 saturated heterocycles. The van der Waals surface area contributed by atoms with Gasteiger partial charge in [0.25, 0.3) is 0 Å². The van der Waals surface area contributed by atoms with Crippen LogP contribution in [0.1, 0.15) is 47.5 Å². The van der Waals surface area contributed by atoms with E-state index in [1.54, 1.807) is 0 Å². The average Bonchev–Trinajstić information content (AvgIpc) is 3.00. The van der Waals surface area contributed by atoms with Gasteiger partial charge < -0.3 is 14.1 Å². The number of fused-ring (bicyclic) bond motifs is 1. The molecule has 0 radical (unpaired) electrons. The summed E-state index contributed by atoms with van der Waals surface area (Å²) in [5.74, 6) is 3.85. The van der Waals surface area contributed by atoms with Crippen LogP contribution in [0, 0.1) is 13.8 Å². The van der Waals surface area contributed by atoms with Crippen molar-refractivity contribution in [3.05, 3.63) is 40.7 Å². The van der Waals surface area contributed by atoms with E-state index < -0.39 is 0 Å². The lowest BCUT2D eigenvalue weighted by Gasteiger charge is -2.37. The first-order valence-corrected chi connectivity index (χ1v) is 8.49. The van der Waals surface area contributed by atoms with Crippen molar-refractivity contribution in [3.63, 3.8) is 0 Å². The van der Waals surface area contributed by atoms with Crippen molar-refractivity contribution in [2.24, 2.45) is 0 Å². The zero-order valence-electron chi connectivity index (χ0n) is 13.8. The van der Waals surface area contributed by atoms with Crippen LogP contribution in [-0.4, -0.2) is 29.7 Å². The molecule has 3 heterocycles. The fourth-order valence-corrected chi connectivity index (χ4v) is 3.66. The fraction of sp³-hybridized carbons (Fsp3) is 0.556. The minimum atomic E-state index is 0.0952. The smallest absolute Gasteiger partial charge is 0.136 e. The molecular formula is C18H23N3O2. The first-order valence-electron chi connectivity index (χ1n) is 8.49. The number of aryl methyl sites for hydroxylation is 3. The SMILES string of the molecule is Cc1nc2c(c(N3CCOCC3c3ccc(C)o3)n1)CCCC2. The summed E-state index contributed by atoms with van der Waals surface area (Å²) in [4.78, 5) is 11.9. The van der Waals surface area contributed by atoms with Crippen molar-refractivity contribution in [3.8, 4) is 0 Å². The Morgan fingerprint density at radius 2 is 2.00 bits per heavy atom. The van der Waals surface area contributed by atoms with Gasteiger partial charge in [0.2, 0.25) is 0 Å². The monoisotopic (exact) mass is 313 g/mol. The molecule has 5 nitrogen and oxygen atoms in total. The largest absolute Gasteiger partial charge is 0.464 e. The maximum atomic E-state index is 5.88. The number of ether oxygens (including phenoxy) is 1. The molecule has 0 amide bonds. The Balaban J connectivity index is 1.76. The van der Waals surface area contributed by atoms with Crippen molar-refractivity contribution in [2.45, 2.75) is 45.6 Å². The zero-order chi connectivity index (χ0) is 15.8. The van der Waals surface area contributed by atoms with Gasteiger partial charge in [-0.25, -0.2) is 9.97 Å². The molecule has 122 valence electrons.